The maximum absolute atomic E-state index is 10.8. The van der Waals surface area contributed by atoms with E-state index in [1.807, 2.05) is 18.2 Å². The molecule has 22 heavy (non-hydrogen) atoms. The first-order valence-corrected chi connectivity index (χ1v) is 7.80. The van der Waals surface area contributed by atoms with Gasteiger partial charge < -0.3 is 5.11 Å². The van der Waals surface area contributed by atoms with Gasteiger partial charge in [-0.15, -0.1) is 0 Å². The zero-order chi connectivity index (χ0) is 16.3. The van der Waals surface area contributed by atoms with Gasteiger partial charge in [0.05, 0.1) is 0 Å². The quantitative estimate of drug-likeness (QED) is 0.797. The Balaban J connectivity index is 2.48. The molecule has 0 aliphatic heterocycles. The molecule has 0 saturated heterocycles. The van der Waals surface area contributed by atoms with Crippen molar-refractivity contribution in [2.24, 2.45) is 5.41 Å². The van der Waals surface area contributed by atoms with Crippen molar-refractivity contribution in [2.75, 3.05) is 0 Å². The zero-order valence-corrected chi connectivity index (χ0v) is 14.4. The highest BCUT2D eigenvalue weighted by molar-refractivity contribution is 6.35. The van der Waals surface area contributed by atoms with Gasteiger partial charge in [0.1, 0.15) is 6.10 Å². The Morgan fingerprint density at radius 3 is 2.50 bits per heavy atom. The van der Waals surface area contributed by atoms with Gasteiger partial charge in [0, 0.05) is 28.0 Å². The van der Waals surface area contributed by atoms with E-state index in [-0.39, 0.29) is 5.41 Å². The number of halogens is 2. The standard InChI is InChI=1S/C18H19Cl2NO/c1-18(2,3)15(9-12-5-4-8-21-11-12)17(22)14-7-6-13(19)10-16(14)20/h4-11,17,22H,1-3H3. The fourth-order valence-electron chi connectivity index (χ4n) is 2.24. The first-order valence-electron chi connectivity index (χ1n) is 7.04. The van der Waals surface area contributed by atoms with Gasteiger partial charge in [0.2, 0.25) is 0 Å². The van der Waals surface area contributed by atoms with Crippen LogP contribution in [0.4, 0.5) is 0 Å². The van der Waals surface area contributed by atoms with Crippen LogP contribution < -0.4 is 0 Å². The first-order chi connectivity index (χ1) is 10.3. The lowest BCUT2D eigenvalue weighted by atomic mass is 9.80. The molecule has 4 heteroatoms. The fraction of sp³-hybridized carbons (Fsp3) is 0.278. The highest BCUT2D eigenvalue weighted by Crippen LogP contribution is 2.39. The highest BCUT2D eigenvalue weighted by atomic mass is 35.5. The van der Waals surface area contributed by atoms with Crippen molar-refractivity contribution in [3.05, 3.63) is 69.5 Å². The normalized spacial score (nSPS) is 14.0. The lowest BCUT2D eigenvalue weighted by Gasteiger charge is -2.28. The van der Waals surface area contributed by atoms with Gasteiger partial charge in [0.25, 0.3) is 0 Å². The molecule has 0 fully saturated rings. The minimum absolute atomic E-state index is 0.224. The monoisotopic (exact) mass is 335 g/mol. The van der Waals surface area contributed by atoms with E-state index >= 15 is 0 Å². The lowest BCUT2D eigenvalue weighted by Crippen LogP contribution is -2.17. The van der Waals surface area contributed by atoms with E-state index in [0.717, 1.165) is 11.1 Å². The van der Waals surface area contributed by atoms with Crippen molar-refractivity contribution in [3.8, 4) is 0 Å². The summed E-state index contributed by atoms with van der Waals surface area (Å²) in [4.78, 5) is 4.11. The van der Waals surface area contributed by atoms with Crippen molar-refractivity contribution >= 4 is 29.3 Å². The second kappa shape index (κ2) is 6.82. The average Bonchev–Trinajstić information content (AvgIpc) is 2.44. The molecule has 0 spiro atoms. The van der Waals surface area contributed by atoms with Crippen LogP contribution in [0.3, 0.4) is 0 Å². The second-order valence-corrected chi connectivity index (χ2v) is 7.05. The van der Waals surface area contributed by atoms with Gasteiger partial charge in [-0.25, -0.2) is 0 Å². The zero-order valence-electron chi connectivity index (χ0n) is 12.8. The van der Waals surface area contributed by atoms with Crippen molar-refractivity contribution in [3.63, 3.8) is 0 Å². The van der Waals surface area contributed by atoms with Crippen LogP contribution in [0.5, 0.6) is 0 Å². The first kappa shape index (κ1) is 17.0. The third-order valence-electron chi connectivity index (χ3n) is 3.42. The molecular formula is C18H19Cl2NO. The SMILES string of the molecule is CC(C)(C)C(=Cc1cccnc1)C(O)c1ccc(Cl)cc1Cl. The molecule has 2 nitrogen and oxygen atoms in total. The van der Waals surface area contributed by atoms with E-state index in [2.05, 4.69) is 25.8 Å². The highest BCUT2D eigenvalue weighted by Gasteiger charge is 2.26. The number of hydrogen-bond acceptors (Lipinski definition) is 2. The summed E-state index contributed by atoms with van der Waals surface area (Å²) in [5, 5.41) is 11.8. The third-order valence-corrected chi connectivity index (χ3v) is 3.99. The number of nitrogens with zero attached hydrogens (tertiary/aromatic N) is 1. The van der Waals surface area contributed by atoms with E-state index < -0.39 is 6.10 Å². The molecule has 1 unspecified atom stereocenters. The Hall–Kier alpha value is -1.35. The van der Waals surface area contributed by atoms with Crippen LogP contribution in [0.1, 0.15) is 38.0 Å². The van der Waals surface area contributed by atoms with Crippen LogP contribution in [0, 0.1) is 5.41 Å². The number of aliphatic hydroxyl groups is 1. The van der Waals surface area contributed by atoms with Crippen LogP contribution in [0.25, 0.3) is 6.08 Å². The van der Waals surface area contributed by atoms with E-state index in [1.54, 1.807) is 30.6 Å². The summed E-state index contributed by atoms with van der Waals surface area (Å²) in [5.74, 6) is 0. The fourth-order valence-corrected chi connectivity index (χ4v) is 2.75. The van der Waals surface area contributed by atoms with Gasteiger partial charge in [-0.05, 0) is 34.8 Å². The van der Waals surface area contributed by atoms with Crippen LogP contribution in [0.15, 0.2) is 48.3 Å². The maximum Gasteiger partial charge on any atom is 0.102 e. The third kappa shape index (κ3) is 4.10. The minimum Gasteiger partial charge on any atom is -0.384 e. The van der Waals surface area contributed by atoms with Crippen molar-refractivity contribution in [1.29, 1.82) is 0 Å². The lowest BCUT2D eigenvalue weighted by molar-refractivity contribution is 0.190. The number of aliphatic hydroxyl groups excluding tert-OH is 1. The number of benzene rings is 1. The Morgan fingerprint density at radius 1 is 1.23 bits per heavy atom. The summed E-state index contributed by atoms with van der Waals surface area (Å²) in [7, 11) is 0. The summed E-state index contributed by atoms with van der Waals surface area (Å²) in [6.07, 6.45) is 4.65. The molecule has 2 rings (SSSR count). The summed E-state index contributed by atoms with van der Waals surface area (Å²) in [6.45, 7) is 6.17. The van der Waals surface area contributed by atoms with E-state index in [9.17, 15) is 5.11 Å². The van der Waals surface area contributed by atoms with Gasteiger partial charge in [-0.1, -0.05) is 62.2 Å². The van der Waals surface area contributed by atoms with Crippen molar-refractivity contribution < 1.29 is 5.11 Å². The summed E-state index contributed by atoms with van der Waals surface area (Å²) in [5.41, 5.74) is 2.23. The predicted molar refractivity (Wildman–Crippen MR) is 93.1 cm³/mol. The summed E-state index contributed by atoms with van der Waals surface area (Å²) >= 11 is 12.2. The average molecular weight is 336 g/mol. The smallest absolute Gasteiger partial charge is 0.102 e. The van der Waals surface area contributed by atoms with E-state index in [4.69, 9.17) is 23.2 Å². The molecule has 1 atom stereocenters. The summed E-state index contributed by atoms with van der Waals surface area (Å²) in [6, 6.07) is 8.96. The van der Waals surface area contributed by atoms with E-state index in [1.165, 1.54) is 0 Å². The molecule has 0 saturated carbocycles. The predicted octanol–water partition coefficient (Wildman–Crippen LogP) is 5.55. The molecule has 2 aromatic rings. The molecule has 1 N–H and O–H groups in total. The van der Waals surface area contributed by atoms with Gasteiger partial charge in [0.15, 0.2) is 0 Å². The van der Waals surface area contributed by atoms with Crippen molar-refractivity contribution in [2.45, 2.75) is 26.9 Å². The maximum atomic E-state index is 10.8. The molecular weight excluding hydrogens is 317 g/mol. The molecule has 0 amide bonds. The molecule has 1 aromatic carbocycles. The summed E-state index contributed by atoms with van der Waals surface area (Å²) < 4.78 is 0. The molecule has 116 valence electrons. The molecule has 0 aliphatic rings. The second-order valence-electron chi connectivity index (χ2n) is 6.20. The van der Waals surface area contributed by atoms with Crippen LogP contribution in [-0.2, 0) is 0 Å². The van der Waals surface area contributed by atoms with Crippen LogP contribution in [0.2, 0.25) is 10.0 Å². The number of hydrogen-bond donors (Lipinski definition) is 1. The van der Waals surface area contributed by atoms with Gasteiger partial charge >= 0.3 is 0 Å². The number of aromatic nitrogens is 1. The van der Waals surface area contributed by atoms with Crippen LogP contribution in [-0.4, -0.2) is 10.1 Å². The molecule has 0 bridgehead atoms. The van der Waals surface area contributed by atoms with Gasteiger partial charge in [-0.3, -0.25) is 4.98 Å². The number of rotatable bonds is 3. The Labute approximate surface area is 141 Å². The molecule has 1 aromatic heterocycles. The van der Waals surface area contributed by atoms with Crippen LogP contribution >= 0.6 is 23.2 Å². The largest absolute Gasteiger partial charge is 0.384 e. The Morgan fingerprint density at radius 2 is 1.95 bits per heavy atom. The minimum atomic E-state index is -0.801. The van der Waals surface area contributed by atoms with Gasteiger partial charge in [-0.2, -0.15) is 0 Å². The van der Waals surface area contributed by atoms with E-state index in [0.29, 0.717) is 15.6 Å². The molecule has 0 radical (unpaired) electrons. The molecule has 0 aliphatic carbocycles. The topological polar surface area (TPSA) is 33.1 Å². The van der Waals surface area contributed by atoms with Crippen molar-refractivity contribution in [1.82, 2.24) is 4.98 Å². The Bertz CT molecular complexity index is 675. The number of pyridine rings is 1. The molecule has 1 heterocycles. The Kier molecular flexibility index (Phi) is 5.28.